The summed E-state index contributed by atoms with van der Waals surface area (Å²) in [6.07, 6.45) is 6.27. The molecule has 0 spiro atoms. The number of allylic oxidation sites excluding steroid dienone is 4. The minimum atomic E-state index is -1.49. The number of rotatable bonds is 12. The molecular formula is C27H37N3O6. The van der Waals surface area contributed by atoms with Gasteiger partial charge in [-0.1, -0.05) is 12.8 Å². The van der Waals surface area contributed by atoms with E-state index in [1.165, 1.54) is 19.9 Å². The van der Waals surface area contributed by atoms with Crippen molar-refractivity contribution in [3.8, 4) is 17.2 Å². The number of unbranched alkanes of at least 4 members (excludes halogenated alkanes) is 3. The van der Waals surface area contributed by atoms with Gasteiger partial charge in [0, 0.05) is 23.9 Å². The van der Waals surface area contributed by atoms with Crippen LogP contribution < -0.4 is 21.1 Å². The highest BCUT2D eigenvalue weighted by Gasteiger charge is 2.56. The van der Waals surface area contributed by atoms with Gasteiger partial charge in [-0.05, 0) is 66.6 Å². The fraction of sp³-hybridized carbons (Fsp3) is 0.519. The van der Waals surface area contributed by atoms with Crippen molar-refractivity contribution in [3.63, 3.8) is 0 Å². The molecule has 1 aliphatic carbocycles. The van der Waals surface area contributed by atoms with Crippen molar-refractivity contribution in [3.05, 3.63) is 39.8 Å². The summed E-state index contributed by atoms with van der Waals surface area (Å²) in [6, 6.07) is 0. The number of hydrogen-bond donors (Lipinski definition) is 5. The Morgan fingerprint density at radius 3 is 2.31 bits per heavy atom. The molecule has 1 heterocycles. The third-order valence-corrected chi connectivity index (χ3v) is 6.99. The molecule has 1 atom stereocenters. The number of hydrogen-bond acceptors (Lipinski definition) is 9. The van der Waals surface area contributed by atoms with E-state index >= 15 is 0 Å². The molecule has 1 aromatic rings. The highest BCUT2D eigenvalue weighted by Crippen LogP contribution is 2.57. The predicted molar refractivity (Wildman–Crippen MR) is 136 cm³/mol. The molecule has 1 aromatic carbocycles. The number of ether oxygens (including phenoxy) is 1. The monoisotopic (exact) mass is 499 g/mol. The average molecular weight is 500 g/mol. The number of Topliss-reactive ketones (excluding diaryl/α,β-unsaturated/α-hetero) is 2. The van der Waals surface area contributed by atoms with Gasteiger partial charge in [0.2, 0.25) is 0 Å². The van der Waals surface area contributed by atoms with Gasteiger partial charge in [0.1, 0.15) is 34.0 Å². The van der Waals surface area contributed by atoms with Crippen LogP contribution in [-0.4, -0.2) is 53.7 Å². The molecule has 0 amide bonds. The van der Waals surface area contributed by atoms with Crippen molar-refractivity contribution in [1.82, 2.24) is 10.6 Å². The van der Waals surface area contributed by atoms with Crippen LogP contribution in [0.2, 0.25) is 0 Å². The summed E-state index contributed by atoms with van der Waals surface area (Å²) in [5.74, 6) is -2.28. The fourth-order valence-corrected chi connectivity index (χ4v) is 4.81. The maximum atomic E-state index is 13.7. The largest absolute Gasteiger partial charge is 0.507 e. The lowest BCUT2D eigenvalue weighted by atomic mass is 9.70. The Morgan fingerprint density at radius 2 is 1.67 bits per heavy atom. The van der Waals surface area contributed by atoms with E-state index in [1.807, 2.05) is 0 Å². The fourth-order valence-electron chi connectivity index (χ4n) is 4.81. The van der Waals surface area contributed by atoms with Crippen molar-refractivity contribution < 1.29 is 29.3 Å². The van der Waals surface area contributed by atoms with Crippen LogP contribution in [0.15, 0.2) is 23.1 Å². The Bertz CT molecular complexity index is 1140. The standard InChI is InChI=1S/C27H37N3O6/c1-15-23(33)21(17(3)31)25-22(24(15)34)27(4)19(36-25)14-18(32)20(26(27)35)16(2)30-13-8-6-5-7-11-29-12-9-10-28/h14,29-30,33-34H,5-13,28H2,1-4H3/b20-16+/t27-/m0/s1. The number of benzene rings is 1. The van der Waals surface area contributed by atoms with Crippen molar-refractivity contribution >= 4 is 17.3 Å². The van der Waals surface area contributed by atoms with Crippen LogP contribution in [0.5, 0.6) is 17.2 Å². The van der Waals surface area contributed by atoms with E-state index in [2.05, 4.69) is 10.6 Å². The minimum absolute atomic E-state index is 0.00342. The lowest BCUT2D eigenvalue weighted by Crippen LogP contribution is -2.41. The molecule has 0 unspecified atom stereocenters. The number of nitrogens with two attached hydrogens (primary N) is 1. The Labute approximate surface area is 211 Å². The number of phenolic OH excluding ortho intramolecular Hbond substituents is 2. The van der Waals surface area contributed by atoms with Crippen molar-refractivity contribution in [2.75, 3.05) is 26.2 Å². The number of carbonyl (C=O) groups excluding carboxylic acids is 3. The molecule has 36 heavy (non-hydrogen) atoms. The maximum absolute atomic E-state index is 13.7. The van der Waals surface area contributed by atoms with E-state index in [1.54, 1.807) is 13.8 Å². The molecule has 6 N–H and O–H groups in total. The molecule has 2 aliphatic rings. The van der Waals surface area contributed by atoms with Crippen LogP contribution in [0.1, 0.15) is 74.4 Å². The number of phenols is 2. The normalized spacial score (nSPS) is 20.0. The molecule has 3 rings (SSSR count). The molecule has 0 fully saturated rings. The van der Waals surface area contributed by atoms with Gasteiger partial charge in [0.05, 0.1) is 11.1 Å². The van der Waals surface area contributed by atoms with Crippen LogP contribution >= 0.6 is 0 Å². The molecule has 9 nitrogen and oxygen atoms in total. The summed E-state index contributed by atoms with van der Waals surface area (Å²) < 4.78 is 5.78. The quantitative estimate of drug-likeness (QED) is 0.126. The van der Waals surface area contributed by atoms with Crippen molar-refractivity contribution in [2.45, 2.75) is 65.2 Å². The van der Waals surface area contributed by atoms with Crippen LogP contribution in [0.25, 0.3) is 0 Å². The van der Waals surface area contributed by atoms with Gasteiger partial charge in [-0.2, -0.15) is 0 Å². The van der Waals surface area contributed by atoms with Gasteiger partial charge in [0.25, 0.3) is 0 Å². The lowest BCUT2D eigenvalue weighted by Gasteiger charge is -2.29. The zero-order valence-corrected chi connectivity index (χ0v) is 21.5. The first-order valence-electron chi connectivity index (χ1n) is 12.5. The number of nitrogens with one attached hydrogen (secondary N) is 2. The third kappa shape index (κ3) is 4.90. The second-order valence-corrected chi connectivity index (χ2v) is 9.62. The SMILES string of the molecule is CC(=O)c1c(O)c(C)c(O)c2c1OC1=CC(=O)/C(=C(/C)NCCCCCCNCCCN)C(=O)[C@@]12C. The minimum Gasteiger partial charge on any atom is -0.507 e. The zero-order valence-electron chi connectivity index (χ0n) is 21.5. The first-order valence-corrected chi connectivity index (χ1v) is 12.5. The maximum Gasteiger partial charge on any atom is 0.194 e. The van der Waals surface area contributed by atoms with Crippen LogP contribution in [-0.2, 0) is 15.0 Å². The Morgan fingerprint density at radius 1 is 1.03 bits per heavy atom. The molecule has 0 saturated heterocycles. The van der Waals surface area contributed by atoms with Crippen LogP contribution in [0.3, 0.4) is 0 Å². The number of aromatic hydroxyl groups is 2. The number of fused-ring (bicyclic) bond motifs is 3. The second kappa shape index (κ2) is 11.3. The Balaban J connectivity index is 1.76. The first kappa shape index (κ1) is 27.4. The lowest BCUT2D eigenvalue weighted by molar-refractivity contribution is -0.123. The highest BCUT2D eigenvalue weighted by molar-refractivity contribution is 6.31. The molecule has 196 valence electrons. The van der Waals surface area contributed by atoms with Gasteiger partial charge >= 0.3 is 0 Å². The predicted octanol–water partition coefficient (Wildman–Crippen LogP) is 2.66. The van der Waals surface area contributed by atoms with Crippen LogP contribution in [0, 0.1) is 6.92 Å². The van der Waals surface area contributed by atoms with Gasteiger partial charge in [0.15, 0.2) is 17.3 Å². The van der Waals surface area contributed by atoms with Crippen molar-refractivity contribution in [1.29, 1.82) is 0 Å². The topological polar surface area (TPSA) is 151 Å². The van der Waals surface area contributed by atoms with Gasteiger partial charge < -0.3 is 31.3 Å². The van der Waals surface area contributed by atoms with Gasteiger partial charge in [-0.25, -0.2) is 0 Å². The molecule has 0 radical (unpaired) electrons. The summed E-state index contributed by atoms with van der Waals surface area (Å²) in [4.78, 5) is 38.9. The molecule has 1 aliphatic heterocycles. The summed E-state index contributed by atoms with van der Waals surface area (Å²) in [5, 5.41) is 27.9. The van der Waals surface area contributed by atoms with Gasteiger partial charge in [-0.3, -0.25) is 14.4 Å². The first-order chi connectivity index (χ1) is 17.1. The van der Waals surface area contributed by atoms with E-state index in [4.69, 9.17) is 10.5 Å². The number of ketones is 3. The van der Waals surface area contributed by atoms with Crippen LogP contribution in [0.4, 0.5) is 0 Å². The summed E-state index contributed by atoms with van der Waals surface area (Å²) in [7, 11) is 0. The van der Waals surface area contributed by atoms with E-state index in [9.17, 15) is 24.6 Å². The molecule has 9 heteroatoms. The molecular weight excluding hydrogens is 462 g/mol. The summed E-state index contributed by atoms with van der Waals surface area (Å²) >= 11 is 0. The molecule has 0 aromatic heterocycles. The van der Waals surface area contributed by atoms with E-state index in [0.29, 0.717) is 18.8 Å². The van der Waals surface area contributed by atoms with E-state index in [-0.39, 0.29) is 39.5 Å². The second-order valence-electron chi connectivity index (χ2n) is 9.62. The highest BCUT2D eigenvalue weighted by atomic mass is 16.5. The zero-order chi connectivity index (χ0) is 26.6. The number of carbonyl (C=O) groups is 3. The average Bonchev–Trinajstić information content (AvgIpc) is 3.11. The molecule has 0 bridgehead atoms. The van der Waals surface area contributed by atoms with Crippen molar-refractivity contribution in [2.24, 2.45) is 5.73 Å². The van der Waals surface area contributed by atoms with E-state index in [0.717, 1.165) is 45.2 Å². The molecule has 0 saturated carbocycles. The van der Waals surface area contributed by atoms with Gasteiger partial charge in [-0.15, -0.1) is 0 Å². The van der Waals surface area contributed by atoms with E-state index < -0.39 is 28.5 Å². The third-order valence-electron chi connectivity index (χ3n) is 6.99. The smallest absolute Gasteiger partial charge is 0.194 e. The Hall–Kier alpha value is -3.17. The summed E-state index contributed by atoms with van der Waals surface area (Å²) in [5.41, 5.74) is 4.48. The Kier molecular flexibility index (Phi) is 8.58. The summed E-state index contributed by atoms with van der Waals surface area (Å²) in [6.45, 7) is 9.18.